The third-order valence-electron chi connectivity index (χ3n) is 1.28. The Morgan fingerprint density at radius 1 is 1.50 bits per heavy atom. The van der Waals surface area contributed by atoms with E-state index in [1.54, 1.807) is 0 Å². The maximum atomic E-state index is 12.6. The minimum absolute atomic E-state index is 0.106. The van der Waals surface area contributed by atoms with Crippen LogP contribution in [-0.4, -0.2) is 5.11 Å². The Kier molecular flexibility index (Phi) is 1.81. The molecule has 54 valence electrons. The van der Waals surface area contributed by atoms with E-state index in [1.807, 2.05) is 0 Å². The highest BCUT2D eigenvalue weighted by molar-refractivity contribution is 6.30. The number of halogens is 2. The Bertz CT molecular complexity index is 237. The smallest absolute Gasteiger partial charge is 0.131 e. The zero-order valence-corrected chi connectivity index (χ0v) is 6.11. The zero-order chi connectivity index (χ0) is 7.72. The third kappa shape index (κ3) is 1.21. The first-order valence-corrected chi connectivity index (χ1v) is 3.13. The zero-order valence-electron chi connectivity index (χ0n) is 5.36. The molecule has 0 fully saturated rings. The minimum Gasteiger partial charge on any atom is -0.508 e. The molecule has 0 unspecified atom stereocenters. The molecule has 1 rings (SSSR count). The highest BCUT2D eigenvalue weighted by Gasteiger charge is 2.03. The Hall–Kier alpha value is -0.760. The van der Waals surface area contributed by atoms with Gasteiger partial charge in [0, 0.05) is 10.6 Å². The lowest BCUT2D eigenvalue weighted by Crippen LogP contribution is -1.81. The van der Waals surface area contributed by atoms with Gasteiger partial charge in [-0.15, -0.1) is 0 Å². The largest absolute Gasteiger partial charge is 0.508 e. The highest BCUT2D eigenvalue weighted by atomic mass is 35.5. The van der Waals surface area contributed by atoms with E-state index in [1.165, 1.54) is 13.0 Å². The molecule has 3 heteroatoms. The van der Waals surface area contributed by atoms with E-state index in [0.29, 0.717) is 0 Å². The van der Waals surface area contributed by atoms with Gasteiger partial charge >= 0.3 is 0 Å². The summed E-state index contributed by atoms with van der Waals surface area (Å²) in [6.07, 6.45) is 0. The summed E-state index contributed by atoms with van der Waals surface area (Å²) in [5.41, 5.74) is 0.226. The van der Waals surface area contributed by atoms with Gasteiger partial charge in [-0.25, -0.2) is 4.39 Å². The number of rotatable bonds is 0. The van der Waals surface area contributed by atoms with Crippen molar-refractivity contribution in [3.8, 4) is 5.75 Å². The molecule has 0 aliphatic heterocycles. The van der Waals surface area contributed by atoms with Crippen molar-refractivity contribution in [2.24, 2.45) is 0 Å². The molecule has 0 radical (unpaired) electrons. The lowest BCUT2D eigenvalue weighted by molar-refractivity contribution is 0.463. The van der Waals surface area contributed by atoms with Gasteiger partial charge in [-0.2, -0.15) is 0 Å². The van der Waals surface area contributed by atoms with E-state index in [4.69, 9.17) is 16.7 Å². The molecule has 0 spiro atoms. The van der Waals surface area contributed by atoms with E-state index < -0.39 is 5.82 Å². The van der Waals surface area contributed by atoms with Crippen molar-refractivity contribution in [3.63, 3.8) is 0 Å². The van der Waals surface area contributed by atoms with Crippen molar-refractivity contribution < 1.29 is 9.50 Å². The van der Waals surface area contributed by atoms with Gasteiger partial charge in [0.2, 0.25) is 0 Å². The van der Waals surface area contributed by atoms with Crippen molar-refractivity contribution in [2.45, 2.75) is 6.92 Å². The normalized spacial score (nSPS) is 9.90. The summed E-state index contributed by atoms with van der Waals surface area (Å²) in [6, 6.07) is 2.47. The molecule has 0 amide bonds. The number of phenols is 1. The summed E-state index contributed by atoms with van der Waals surface area (Å²) in [6.45, 7) is 1.49. The number of hydrogen-bond donors (Lipinski definition) is 1. The fourth-order valence-electron chi connectivity index (χ4n) is 0.632. The molecule has 0 heterocycles. The molecule has 0 aliphatic carbocycles. The van der Waals surface area contributed by atoms with Crippen LogP contribution >= 0.6 is 11.6 Å². The van der Waals surface area contributed by atoms with Gasteiger partial charge in [0.15, 0.2) is 0 Å². The van der Waals surface area contributed by atoms with Crippen molar-refractivity contribution in [2.75, 3.05) is 0 Å². The molecule has 0 saturated carbocycles. The van der Waals surface area contributed by atoms with Gasteiger partial charge in [-0.05, 0) is 19.1 Å². The van der Waals surface area contributed by atoms with Gasteiger partial charge in [0.1, 0.15) is 11.6 Å². The molecule has 1 aromatic rings. The molecule has 1 nitrogen and oxygen atoms in total. The number of benzene rings is 1. The average Bonchev–Trinajstić information content (AvgIpc) is 1.82. The molecule has 0 bridgehead atoms. The molecular formula is C7H6ClFO. The van der Waals surface area contributed by atoms with Crippen LogP contribution in [0.15, 0.2) is 12.1 Å². The van der Waals surface area contributed by atoms with Crippen LogP contribution in [0.1, 0.15) is 5.56 Å². The van der Waals surface area contributed by atoms with Gasteiger partial charge in [-0.1, -0.05) is 11.6 Å². The molecule has 0 aliphatic rings. The van der Waals surface area contributed by atoms with Crippen molar-refractivity contribution in [3.05, 3.63) is 28.5 Å². The van der Waals surface area contributed by atoms with Crippen LogP contribution in [-0.2, 0) is 0 Å². The van der Waals surface area contributed by atoms with Crippen LogP contribution in [0.4, 0.5) is 4.39 Å². The number of aromatic hydroxyl groups is 1. The van der Waals surface area contributed by atoms with Crippen LogP contribution in [0.5, 0.6) is 5.75 Å². The van der Waals surface area contributed by atoms with Gasteiger partial charge in [-0.3, -0.25) is 0 Å². The monoisotopic (exact) mass is 160 g/mol. The van der Waals surface area contributed by atoms with E-state index in [-0.39, 0.29) is 16.3 Å². The van der Waals surface area contributed by atoms with Crippen LogP contribution in [0, 0.1) is 12.7 Å². The van der Waals surface area contributed by atoms with Gasteiger partial charge in [0.25, 0.3) is 0 Å². The average molecular weight is 161 g/mol. The Morgan fingerprint density at radius 3 is 2.60 bits per heavy atom. The first-order valence-electron chi connectivity index (χ1n) is 2.76. The molecule has 1 aromatic carbocycles. The van der Waals surface area contributed by atoms with Gasteiger partial charge < -0.3 is 5.11 Å². The van der Waals surface area contributed by atoms with E-state index in [9.17, 15) is 4.39 Å². The predicted octanol–water partition coefficient (Wildman–Crippen LogP) is 2.49. The fourth-order valence-corrected chi connectivity index (χ4v) is 0.831. The topological polar surface area (TPSA) is 20.2 Å². The van der Waals surface area contributed by atoms with Crippen LogP contribution in [0.25, 0.3) is 0 Å². The maximum Gasteiger partial charge on any atom is 0.131 e. The first kappa shape index (κ1) is 7.35. The number of hydrogen-bond acceptors (Lipinski definition) is 1. The van der Waals surface area contributed by atoms with E-state index in [2.05, 4.69) is 0 Å². The summed E-state index contributed by atoms with van der Waals surface area (Å²) in [4.78, 5) is 0. The fraction of sp³-hybridized carbons (Fsp3) is 0.143. The second-order valence-electron chi connectivity index (χ2n) is 2.03. The molecule has 0 aromatic heterocycles. The number of phenolic OH excluding ortho intramolecular Hbond substituents is 1. The molecule has 0 atom stereocenters. The molecule has 0 saturated heterocycles. The van der Waals surface area contributed by atoms with Gasteiger partial charge in [0.05, 0.1) is 0 Å². The summed E-state index contributed by atoms with van der Waals surface area (Å²) < 4.78 is 12.6. The van der Waals surface area contributed by atoms with Crippen molar-refractivity contribution >= 4 is 11.6 Å². The Balaban J connectivity index is 3.31. The lowest BCUT2D eigenvalue weighted by atomic mass is 10.2. The van der Waals surface area contributed by atoms with Crippen LogP contribution in [0.2, 0.25) is 5.02 Å². The summed E-state index contributed by atoms with van der Waals surface area (Å²) >= 11 is 5.42. The van der Waals surface area contributed by atoms with Crippen molar-refractivity contribution in [1.29, 1.82) is 0 Å². The maximum absolute atomic E-state index is 12.6. The SMILES string of the molecule is Cc1c(O)cc(Cl)cc1F. The van der Waals surface area contributed by atoms with Crippen molar-refractivity contribution in [1.82, 2.24) is 0 Å². The summed E-state index contributed by atoms with van der Waals surface area (Å²) in [5, 5.41) is 9.17. The second-order valence-corrected chi connectivity index (χ2v) is 2.47. The standard InChI is InChI=1S/C7H6ClFO/c1-4-6(9)2-5(8)3-7(4)10/h2-3,10H,1H3. The van der Waals surface area contributed by atoms with E-state index >= 15 is 0 Å². The molecule has 10 heavy (non-hydrogen) atoms. The summed E-state index contributed by atoms with van der Waals surface area (Å²) in [7, 11) is 0. The highest BCUT2D eigenvalue weighted by Crippen LogP contribution is 2.23. The second kappa shape index (κ2) is 2.46. The minimum atomic E-state index is -0.481. The quantitative estimate of drug-likeness (QED) is 0.618. The third-order valence-corrected chi connectivity index (χ3v) is 1.50. The van der Waals surface area contributed by atoms with Crippen LogP contribution < -0.4 is 0 Å². The Morgan fingerprint density at radius 2 is 2.10 bits per heavy atom. The molecule has 1 N–H and O–H groups in total. The first-order chi connectivity index (χ1) is 4.61. The van der Waals surface area contributed by atoms with Crippen LogP contribution in [0.3, 0.4) is 0 Å². The van der Waals surface area contributed by atoms with E-state index in [0.717, 1.165) is 6.07 Å². The Labute approximate surface area is 63.1 Å². The summed E-state index contributed by atoms with van der Waals surface area (Å²) in [5.74, 6) is -0.588. The lowest BCUT2D eigenvalue weighted by Gasteiger charge is -1.99. The predicted molar refractivity (Wildman–Crippen MR) is 37.8 cm³/mol. The molecular weight excluding hydrogens is 155 g/mol.